The Labute approximate surface area is 132 Å². The summed E-state index contributed by atoms with van der Waals surface area (Å²) < 4.78 is 19.8. The van der Waals surface area contributed by atoms with Crippen molar-refractivity contribution in [1.29, 1.82) is 0 Å². The molecule has 0 aliphatic heterocycles. The van der Waals surface area contributed by atoms with Gasteiger partial charge in [-0.3, -0.25) is 0 Å². The molecule has 0 spiro atoms. The Bertz CT molecular complexity index is 802. The van der Waals surface area contributed by atoms with Crippen LogP contribution in [0, 0.1) is 5.82 Å². The fourth-order valence-corrected chi connectivity index (χ4v) is 2.09. The van der Waals surface area contributed by atoms with Gasteiger partial charge in [0.15, 0.2) is 0 Å². The first-order valence-electron chi connectivity index (χ1n) is 7.06. The van der Waals surface area contributed by atoms with E-state index in [2.05, 4.69) is 10.3 Å². The van der Waals surface area contributed by atoms with Gasteiger partial charge in [0.2, 0.25) is 0 Å². The Morgan fingerprint density at radius 1 is 1.13 bits per heavy atom. The van der Waals surface area contributed by atoms with Crippen LogP contribution in [0.4, 0.5) is 4.39 Å². The number of carbonyl (C=O) groups is 1. The average Bonchev–Trinajstić information content (AvgIpc) is 3.01. The zero-order chi connectivity index (χ0) is 16.1. The Morgan fingerprint density at radius 3 is 2.74 bits per heavy atom. The SMILES string of the molecule is O=C(OCc1cn(Cc2ccccc2)nn1)c1cccc(F)c1. The zero-order valence-electron chi connectivity index (χ0n) is 12.2. The topological polar surface area (TPSA) is 57.0 Å². The first-order valence-corrected chi connectivity index (χ1v) is 7.06. The van der Waals surface area contributed by atoms with Crippen LogP contribution < -0.4 is 0 Å². The summed E-state index contributed by atoms with van der Waals surface area (Å²) in [6, 6.07) is 15.2. The highest BCUT2D eigenvalue weighted by Gasteiger charge is 2.10. The molecule has 1 heterocycles. The molecule has 0 N–H and O–H groups in total. The summed E-state index contributed by atoms with van der Waals surface area (Å²) in [5, 5.41) is 7.95. The first-order chi connectivity index (χ1) is 11.2. The standard InChI is InChI=1S/C17H14FN3O2/c18-15-8-4-7-14(9-15)17(22)23-12-16-11-21(20-19-16)10-13-5-2-1-3-6-13/h1-9,11H,10,12H2. The molecule has 116 valence electrons. The number of hydrogen-bond donors (Lipinski definition) is 0. The van der Waals surface area contributed by atoms with E-state index in [9.17, 15) is 9.18 Å². The lowest BCUT2D eigenvalue weighted by Gasteiger charge is -2.02. The van der Waals surface area contributed by atoms with Gasteiger partial charge in [0.1, 0.15) is 18.1 Å². The summed E-state index contributed by atoms with van der Waals surface area (Å²) in [7, 11) is 0. The highest BCUT2D eigenvalue weighted by atomic mass is 19.1. The Balaban J connectivity index is 1.58. The Kier molecular flexibility index (Phi) is 4.42. The van der Waals surface area contributed by atoms with Crippen LogP contribution >= 0.6 is 0 Å². The van der Waals surface area contributed by atoms with Crippen LogP contribution in [0.1, 0.15) is 21.6 Å². The van der Waals surface area contributed by atoms with E-state index in [0.29, 0.717) is 12.2 Å². The van der Waals surface area contributed by atoms with Crippen molar-refractivity contribution in [2.45, 2.75) is 13.2 Å². The lowest BCUT2D eigenvalue weighted by Crippen LogP contribution is -2.05. The van der Waals surface area contributed by atoms with E-state index in [1.54, 1.807) is 10.9 Å². The molecule has 0 fully saturated rings. The molecule has 0 amide bonds. The minimum atomic E-state index is -0.595. The smallest absolute Gasteiger partial charge is 0.338 e. The minimum absolute atomic E-state index is 0.00979. The van der Waals surface area contributed by atoms with Gasteiger partial charge in [0.25, 0.3) is 0 Å². The lowest BCUT2D eigenvalue weighted by atomic mass is 10.2. The maximum atomic E-state index is 13.1. The largest absolute Gasteiger partial charge is 0.455 e. The molecule has 0 bridgehead atoms. The second-order valence-corrected chi connectivity index (χ2v) is 4.98. The molecule has 0 unspecified atom stereocenters. The van der Waals surface area contributed by atoms with E-state index in [-0.39, 0.29) is 12.2 Å². The van der Waals surface area contributed by atoms with Crippen molar-refractivity contribution in [3.05, 3.63) is 83.4 Å². The molecule has 0 radical (unpaired) electrons. The fourth-order valence-electron chi connectivity index (χ4n) is 2.09. The molecule has 3 aromatic rings. The second-order valence-electron chi connectivity index (χ2n) is 4.98. The van der Waals surface area contributed by atoms with E-state index < -0.39 is 11.8 Å². The minimum Gasteiger partial charge on any atom is -0.455 e. The highest BCUT2D eigenvalue weighted by molar-refractivity contribution is 5.89. The van der Waals surface area contributed by atoms with Crippen LogP contribution in [0.2, 0.25) is 0 Å². The second kappa shape index (κ2) is 6.83. The molecule has 0 aliphatic carbocycles. The molecule has 3 rings (SSSR count). The highest BCUT2D eigenvalue weighted by Crippen LogP contribution is 2.07. The Morgan fingerprint density at radius 2 is 1.96 bits per heavy atom. The van der Waals surface area contributed by atoms with Gasteiger partial charge in [0, 0.05) is 0 Å². The van der Waals surface area contributed by atoms with Crippen molar-refractivity contribution in [3.63, 3.8) is 0 Å². The molecular formula is C17H14FN3O2. The van der Waals surface area contributed by atoms with Gasteiger partial charge < -0.3 is 4.74 Å². The predicted octanol–water partition coefficient (Wildman–Crippen LogP) is 2.82. The van der Waals surface area contributed by atoms with Crippen molar-refractivity contribution < 1.29 is 13.9 Å². The van der Waals surface area contributed by atoms with Crippen molar-refractivity contribution >= 4 is 5.97 Å². The van der Waals surface area contributed by atoms with Crippen LogP contribution in [0.5, 0.6) is 0 Å². The normalized spacial score (nSPS) is 10.5. The first kappa shape index (κ1) is 14.9. The number of hydrogen-bond acceptors (Lipinski definition) is 4. The van der Waals surface area contributed by atoms with Gasteiger partial charge >= 0.3 is 5.97 Å². The Hall–Kier alpha value is -3.02. The third kappa shape index (κ3) is 4.00. The monoisotopic (exact) mass is 311 g/mol. The number of aromatic nitrogens is 3. The quantitative estimate of drug-likeness (QED) is 0.680. The van der Waals surface area contributed by atoms with Gasteiger partial charge in [-0.15, -0.1) is 5.10 Å². The number of ether oxygens (including phenoxy) is 1. The van der Waals surface area contributed by atoms with Crippen LogP contribution in [-0.2, 0) is 17.9 Å². The number of rotatable bonds is 5. The summed E-state index contributed by atoms with van der Waals surface area (Å²) >= 11 is 0. The molecule has 6 heteroatoms. The summed E-state index contributed by atoms with van der Waals surface area (Å²) in [6.45, 7) is 0.579. The number of nitrogens with zero attached hydrogens (tertiary/aromatic N) is 3. The summed E-state index contributed by atoms with van der Waals surface area (Å²) in [6.07, 6.45) is 1.71. The van der Waals surface area contributed by atoms with Crippen LogP contribution in [0.3, 0.4) is 0 Å². The number of benzene rings is 2. The fraction of sp³-hybridized carbons (Fsp3) is 0.118. The molecule has 0 atom stereocenters. The van der Waals surface area contributed by atoms with Gasteiger partial charge in [0.05, 0.1) is 18.3 Å². The lowest BCUT2D eigenvalue weighted by molar-refractivity contribution is 0.0467. The van der Waals surface area contributed by atoms with Gasteiger partial charge in [-0.25, -0.2) is 13.9 Å². The van der Waals surface area contributed by atoms with Crippen LogP contribution in [-0.4, -0.2) is 21.0 Å². The van der Waals surface area contributed by atoms with Gasteiger partial charge in [-0.05, 0) is 23.8 Å². The van der Waals surface area contributed by atoms with Crippen molar-refractivity contribution in [3.8, 4) is 0 Å². The maximum Gasteiger partial charge on any atom is 0.338 e. The molecule has 2 aromatic carbocycles. The maximum absolute atomic E-state index is 13.1. The zero-order valence-corrected chi connectivity index (χ0v) is 12.2. The van der Waals surface area contributed by atoms with Crippen LogP contribution in [0.25, 0.3) is 0 Å². The summed E-state index contributed by atoms with van der Waals surface area (Å²) in [5.41, 5.74) is 1.80. The third-order valence-electron chi connectivity index (χ3n) is 3.18. The summed E-state index contributed by atoms with van der Waals surface area (Å²) in [5.74, 6) is -1.07. The average molecular weight is 311 g/mol. The third-order valence-corrected chi connectivity index (χ3v) is 3.18. The predicted molar refractivity (Wildman–Crippen MR) is 81.1 cm³/mol. The molecule has 23 heavy (non-hydrogen) atoms. The van der Waals surface area contributed by atoms with Gasteiger partial charge in [-0.2, -0.15) is 0 Å². The molecular weight excluding hydrogens is 297 g/mol. The van der Waals surface area contributed by atoms with E-state index in [0.717, 1.165) is 11.6 Å². The molecule has 5 nitrogen and oxygen atoms in total. The van der Waals surface area contributed by atoms with E-state index in [1.165, 1.54) is 18.2 Å². The number of esters is 1. The van der Waals surface area contributed by atoms with Crippen molar-refractivity contribution in [2.75, 3.05) is 0 Å². The van der Waals surface area contributed by atoms with Crippen molar-refractivity contribution in [1.82, 2.24) is 15.0 Å². The number of carbonyl (C=O) groups excluding carboxylic acids is 1. The molecule has 0 saturated heterocycles. The molecule has 1 aromatic heterocycles. The summed E-state index contributed by atoms with van der Waals surface area (Å²) in [4.78, 5) is 11.8. The van der Waals surface area contributed by atoms with Crippen molar-refractivity contribution in [2.24, 2.45) is 0 Å². The van der Waals surface area contributed by atoms with Gasteiger partial charge in [-0.1, -0.05) is 41.6 Å². The number of halogens is 1. The molecule has 0 aliphatic rings. The van der Waals surface area contributed by atoms with E-state index in [4.69, 9.17) is 4.74 Å². The van der Waals surface area contributed by atoms with E-state index >= 15 is 0 Å². The molecule has 0 saturated carbocycles. The van der Waals surface area contributed by atoms with Crippen LogP contribution in [0.15, 0.2) is 60.8 Å². The van der Waals surface area contributed by atoms with E-state index in [1.807, 2.05) is 30.3 Å².